The molecule has 0 fully saturated rings. The lowest BCUT2D eigenvalue weighted by atomic mass is 10.2. The number of carboxylic acid groups (broad SMARTS) is 1. The summed E-state index contributed by atoms with van der Waals surface area (Å²) in [6.45, 7) is 1.49. The molecule has 2 rings (SSSR count). The third-order valence-electron chi connectivity index (χ3n) is 2.55. The number of carboxylic acids is 1. The Hall–Kier alpha value is -2.69. The highest BCUT2D eigenvalue weighted by atomic mass is 16.5. The first-order valence-corrected chi connectivity index (χ1v) is 6.09. The topological polar surface area (TPSA) is 71.8 Å². The van der Waals surface area contributed by atoms with Crippen LogP contribution in [0, 0.1) is 0 Å². The van der Waals surface area contributed by atoms with Crippen molar-refractivity contribution in [3.8, 4) is 5.75 Å². The quantitative estimate of drug-likeness (QED) is 0.848. The van der Waals surface area contributed by atoms with Gasteiger partial charge < -0.3 is 9.84 Å². The zero-order chi connectivity index (χ0) is 14.4. The summed E-state index contributed by atoms with van der Waals surface area (Å²) in [5.74, 6) is -0.481. The van der Waals surface area contributed by atoms with Crippen LogP contribution in [-0.4, -0.2) is 28.4 Å². The number of pyridine rings is 1. The third-order valence-corrected chi connectivity index (χ3v) is 2.55. The molecule has 1 aromatic carbocycles. The fraction of sp³-hybridized carbons (Fsp3) is 0.133. The maximum atomic E-state index is 10.7. The Morgan fingerprint density at radius 1 is 1.35 bits per heavy atom. The van der Waals surface area contributed by atoms with Crippen molar-refractivity contribution < 1.29 is 14.6 Å². The van der Waals surface area contributed by atoms with Gasteiger partial charge in [0, 0.05) is 12.4 Å². The van der Waals surface area contributed by atoms with E-state index in [0.29, 0.717) is 5.75 Å². The van der Waals surface area contributed by atoms with Crippen LogP contribution in [0.15, 0.2) is 53.8 Å². The first kappa shape index (κ1) is 13.7. The number of rotatable bonds is 5. The van der Waals surface area contributed by atoms with Crippen LogP contribution in [0.5, 0.6) is 5.75 Å². The molecule has 2 aromatic rings. The van der Waals surface area contributed by atoms with Crippen LogP contribution < -0.4 is 4.74 Å². The molecule has 0 radical (unpaired) electrons. The summed E-state index contributed by atoms with van der Waals surface area (Å²) in [6.07, 6.45) is 4.20. The van der Waals surface area contributed by atoms with Gasteiger partial charge in [0.25, 0.3) is 0 Å². The van der Waals surface area contributed by atoms with Gasteiger partial charge in [-0.25, -0.2) is 4.79 Å². The van der Waals surface area contributed by atoms with Crippen molar-refractivity contribution >= 4 is 17.9 Å². The Morgan fingerprint density at radius 3 is 2.70 bits per heavy atom. The minimum Gasteiger partial charge on any atom is -0.479 e. The van der Waals surface area contributed by atoms with E-state index in [2.05, 4.69) is 9.98 Å². The van der Waals surface area contributed by atoms with Crippen molar-refractivity contribution in [2.24, 2.45) is 4.99 Å². The average molecular weight is 270 g/mol. The average Bonchev–Trinajstić information content (AvgIpc) is 2.47. The standard InChI is InChI=1S/C15H14N2O3/c1-11(15(18)19)20-14-6-4-12(5-7-14)9-17-13-3-2-8-16-10-13/h2-11H,1H3,(H,18,19)/t11-/m0/s1. The molecule has 0 aliphatic heterocycles. The van der Waals surface area contributed by atoms with Crippen LogP contribution in [0.2, 0.25) is 0 Å². The molecular formula is C15H14N2O3. The SMILES string of the molecule is C[C@H](Oc1ccc(C=Nc2cccnc2)cc1)C(=O)O. The number of hydrogen-bond donors (Lipinski definition) is 1. The molecular weight excluding hydrogens is 256 g/mol. The summed E-state index contributed by atoms with van der Waals surface area (Å²) in [7, 11) is 0. The summed E-state index contributed by atoms with van der Waals surface area (Å²) in [4.78, 5) is 18.9. The number of ether oxygens (including phenoxy) is 1. The van der Waals surface area contributed by atoms with E-state index in [9.17, 15) is 4.79 Å². The van der Waals surface area contributed by atoms with Crippen LogP contribution in [0.1, 0.15) is 12.5 Å². The number of aromatic nitrogens is 1. The highest BCUT2D eigenvalue weighted by Gasteiger charge is 2.11. The molecule has 20 heavy (non-hydrogen) atoms. The van der Waals surface area contributed by atoms with E-state index in [4.69, 9.17) is 9.84 Å². The highest BCUT2D eigenvalue weighted by molar-refractivity contribution is 5.82. The second-order valence-electron chi connectivity index (χ2n) is 4.14. The molecule has 0 spiro atoms. The molecule has 0 saturated carbocycles. The van der Waals surface area contributed by atoms with Gasteiger partial charge in [-0.2, -0.15) is 0 Å². The molecule has 102 valence electrons. The Morgan fingerprint density at radius 2 is 2.10 bits per heavy atom. The summed E-state index contributed by atoms with van der Waals surface area (Å²) in [6, 6.07) is 10.7. The number of aliphatic imine (C=N–C) groups is 1. The lowest BCUT2D eigenvalue weighted by Gasteiger charge is -2.09. The van der Waals surface area contributed by atoms with E-state index in [1.807, 2.05) is 24.3 Å². The predicted octanol–water partition coefficient (Wildman–Crippen LogP) is 2.68. The second kappa shape index (κ2) is 6.47. The zero-order valence-electron chi connectivity index (χ0n) is 10.9. The first-order valence-electron chi connectivity index (χ1n) is 6.09. The molecule has 0 amide bonds. The number of hydrogen-bond acceptors (Lipinski definition) is 4. The van der Waals surface area contributed by atoms with Crippen molar-refractivity contribution in [3.63, 3.8) is 0 Å². The summed E-state index contributed by atoms with van der Waals surface area (Å²) < 4.78 is 5.24. The van der Waals surface area contributed by atoms with Gasteiger partial charge in [0.1, 0.15) is 5.75 Å². The lowest BCUT2D eigenvalue weighted by molar-refractivity contribution is -0.144. The minimum atomic E-state index is -0.993. The van der Waals surface area contributed by atoms with E-state index in [1.54, 1.807) is 30.7 Å². The van der Waals surface area contributed by atoms with E-state index in [0.717, 1.165) is 11.3 Å². The molecule has 5 nitrogen and oxygen atoms in total. The maximum absolute atomic E-state index is 10.7. The van der Waals surface area contributed by atoms with Crippen molar-refractivity contribution in [1.29, 1.82) is 0 Å². The molecule has 0 bridgehead atoms. The number of carbonyl (C=O) groups is 1. The molecule has 1 N–H and O–H groups in total. The van der Waals surface area contributed by atoms with Crippen LogP contribution in [-0.2, 0) is 4.79 Å². The van der Waals surface area contributed by atoms with Crippen molar-refractivity contribution in [2.75, 3.05) is 0 Å². The maximum Gasteiger partial charge on any atom is 0.344 e. The van der Waals surface area contributed by atoms with Gasteiger partial charge in [-0.3, -0.25) is 9.98 Å². The van der Waals surface area contributed by atoms with E-state index in [-0.39, 0.29) is 0 Å². The minimum absolute atomic E-state index is 0.512. The van der Waals surface area contributed by atoms with Crippen molar-refractivity contribution in [3.05, 3.63) is 54.4 Å². The van der Waals surface area contributed by atoms with E-state index >= 15 is 0 Å². The smallest absolute Gasteiger partial charge is 0.344 e. The zero-order valence-corrected chi connectivity index (χ0v) is 10.9. The van der Waals surface area contributed by atoms with Gasteiger partial charge in [-0.15, -0.1) is 0 Å². The molecule has 1 heterocycles. The second-order valence-corrected chi connectivity index (χ2v) is 4.14. The fourth-order valence-electron chi connectivity index (χ4n) is 1.47. The Labute approximate surface area is 116 Å². The molecule has 0 saturated heterocycles. The molecule has 0 aliphatic rings. The van der Waals surface area contributed by atoms with Crippen molar-refractivity contribution in [1.82, 2.24) is 4.98 Å². The summed E-state index contributed by atoms with van der Waals surface area (Å²) >= 11 is 0. The van der Waals surface area contributed by atoms with Gasteiger partial charge in [-0.1, -0.05) is 0 Å². The lowest BCUT2D eigenvalue weighted by Crippen LogP contribution is -2.22. The predicted molar refractivity (Wildman–Crippen MR) is 75.7 cm³/mol. The largest absolute Gasteiger partial charge is 0.479 e. The van der Waals surface area contributed by atoms with Crippen LogP contribution >= 0.6 is 0 Å². The molecule has 0 unspecified atom stereocenters. The van der Waals surface area contributed by atoms with E-state index < -0.39 is 12.1 Å². The number of nitrogens with zero attached hydrogens (tertiary/aromatic N) is 2. The van der Waals surface area contributed by atoms with Crippen LogP contribution in [0.4, 0.5) is 5.69 Å². The fourth-order valence-corrected chi connectivity index (χ4v) is 1.47. The van der Waals surface area contributed by atoms with Gasteiger partial charge >= 0.3 is 5.97 Å². The van der Waals surface area contributed by atoms with Crippen LogP contribution in [0.25, 0.3) is 0 Å². The number of benzene rings is 1. The Kier molecular flexibility index (Phi) is 4.44. The van der Waals surface area contributed by atoms with Gasteiger partial charge in [0.15, 0.2) is 6.10 Å². The first-order chi connectivity index (χ1) is 9.65. The molecule has 5 heteroatoms. The number of aliphatic carboxylic acids is 1. The molecule has 1 atom stereocenters. The normalized spacial score (nSPS) is 12.2. The molecule has 0 aliphatic carbocycles. The Balaban J connectivity index is 2.02. The highest BCUT2D eigenvalue weighted by Crippen LogP contribution is 2.14. The molecule has 1 aromatic heterocycles. The Bertz CT molecular complexity index is 594. The van der Waals surface area contributed by atoms with E-state index in [1.165, 1.54) is 6.92 Å². The van der Waals surface area contributed by atoms with Crippen molar-refractivity contribution in [2.45, 2.75) is 13.0 Å². The summed E-state index contributed by atoms with van der Waals surface area (Å²) in [5, 5.41) is 8.76. The van der Waals surface area contributed by atoms with Gasteiger partial charge in [-0.05, 0) is 48.9 Å². The van der Waals surface area contributed by atoms with Gasteiger partial charge in [0.05, 0.1) is 11.9 Å². The van der Waals surface area contributed by atoms with Gasteiger partial charge in [0.2, 0.25) is 0 Å². The van der Waals surface area contributed by atoms with Crippen LogP contribution in [0.3, 0.4) is 0 Å². The monoisotopic (exact) mass is 270 g/mol. The summed E-state index contributed by atoms with van der Waals surface area (Å²) in [5.41, 5.74) is 1.66. The third kappa shape index (κ3) is 3.91.